The Balaban J connectivity index is 2.62. The van der Waals surface area contributed by atoms with E-state index in [1.54, 1.807) is 0 Å². The molecule has 0 spiro atoms. The van der Waals surface area contributed by atoms with Crippen molar-refractivity contribution in [3.05, 3.63) is 88.0 Å². The van der Waals surface area contributed by atoms with E-state index in [0.717, 1.165) is 17.8 Å². The molecular weight excluding hydrogens is 346 g/mol. The fraction of sp³-hybridized carbons (Fsp3) is 0.280. The Morgan fingerprint density at radius 3 is 2.37 bits per heavy atom. The molecule has 0 fully saturated rings. The van der Waals surface area contributed by atoms with E-state index in [4.69, 9.17) is 0 Å². The van der Waals surface area contributed by atoms with E-state index in [-0.39, 0.29) is 0 Å². The molecule has 0 aromatic heterocycles. The number of hydrogen-bond donors (Lipinski definition) is 1. The Hall–Kier alpha value is -2.19. The molecule has 0 N–H and O–H groups in total. The summed E-state index contributed by atoms with van der Waals surface area (Å²) in [7, 11) is 0. The summed E-state index contributed by atoms with van der Waals surface area (Å²) in [5.74, 6) is 0. The molecule has 0 aliphatic carbocycles. The van der Waals surface area contributed by atoms with Crippen LogP contribution in [0.25, 0.3) is 11.3 Å². The monoisotopic (exact) mass is 377 g/mol. The van der Waals surface area contributed by atoms with Gasteiger partial charge in [-0.3, -0.25) is 0 Å². The Bertz CT molecular complexity index is 898. The van der Waals surface area contributed by atoms with Gasteiger partial charge in [0, 0.05) is 11.4 Å². The molecule has 2 aromatic carbocycles. The highest BCUT2D eigenvalue weighted by molar-refractivity contribution is 7.84. The lowest BCUT2D eigenvalue weighted by atomic mass is 9.97. The summed E-state index contributed by atoms with van der Waals surface area (Å²) in [6.07, 6.45) is 3.14. The maximum Gasteiger partial charge on any atom is 0.0694 e. The van der Waals surface area contributed by atoms with E-state index in [1.165, 1.54) is 33.4 Å². The van der Waals surface area contributed by atoms with E-state index in [1.807, 2.05) is 0 Å². The topological polar surface area (TPSA) is 3.24 Å². The first-order valence-electron chi connectivity index (χ1n) is 9.48. The van der Waals surface area contributed by atoms with Crippen molar-refractivity contribution in [1.82, 2.24) is 0 Å². The van der Waals surface area contributed by atoms with Gasteiger partial charge in [0.05, 0.1) is 5.03 Å². The van der Waals surface area contributed by atoms with Crippen molar-refractivity contribution in [3.8, 4) is 0 Å². The summed E-state index contributed by atoms with van der Waals surface area (Å²) in [6, 6.07) is 15.2. The van der Waals surface area contributed by atoms with Crippen LogP contribution in [0.5, 0.6) is 0 Å². The largest absolute Gasteiger partial charge is 0.305 e. The maximum absolute atomic E-state index is 4.63. The molecule has 27 heavy (non-hydrogen) atoms. The molecule has 1 nitrogen and oxygen atoms in total. The summed E-state index contributed by atoms with van der Waals surface area (Å²) in [5, 5.41) is 0.703. The SMILES string of the molecule is C=C(S)N(/C(=C\C)c1cccc(CC)c1)c1ccc(C)c(C(C)=C(C)C)c1. The number of thiol groups is 1. The smallest absolute Gasteiger partial charge is 0.0694 e. The highest BCUT2D eigenvalue weighted by atomic mass is 32.1. The van der Waals surface area contributed by atoms with Crippen molar-refractivity contribution in [3.63, 3.8) is 0 Å². The Morgan fingerprint density at radius 2 is 1.81 bits per heavy atom. The molecule has 0 atom stereocenters. The minimum absolute atomic E-state index is 0.703. The first-order chi connectivity index (χ1) is 12.8. The molecule has 0 saturated heterocycles. The Kier molecular flexibility index (Phi) is 7.15. The molecule has 2 rings (SSSR count). The van der Waals surface area contributed by atoms with Gasteiger partial charge in [-0.1, -0.05) is 49.4 Å². The van der Waals surface area contributed by atoms with Gasteiger partial charge in [-0.2, -0.15) is 0 Å². The first kappa shape index (κ1) is 21.1. The number of rotatable bonds is 6. The van der Waals surface area contributed by atoms with Gasteiger partial charge in [0.15, 0.2) is 0 Å². The van der Waals surface area contributed by atoms with Crippen LogP contribution in [0.1, 0.15) is 56.9 Å². The quantitative estimate of drug-likeness (QED) is 0.506. The van der Waals surface area contributed by atoms with E-state index in [9.17, 15) is 0 Å². The molecule has 0 saturated carbocycles. The summed E-state index contributed by atoms with van der Waals surface area (Å²) >= 11 is 4.63. The summed E-state index contributed by atoms with van der Waals surface area (Å²) in [4.78, 5) is 2.12. The van der Waals surface area contributed by atoms with Crippen LogP contribution in [0.3, 0.4) is 0 Å². The zero-order valence-electron chi connectivity index (χ0n) is 17.4. The normalized spacial score (nSPS) is 11.3. The molecule has 0 heterocycles. The summed E-state index contributed by atoms with van der Waals surface area (Å²) < 4.78 is 0. The van der Waals surface area contributed by atoms with Crippen LogP contribution in [-0.4, -0.2) is 0 Å². The van der Waals surface area contributed by atoms with E-state index >= 15 is 0 Å². The highest BCUT2D eigenvalue weighted by Crippen LogP contribution is 2.34. The van der Waals surface area contributed by atoms with Crippen LogP contribution in [0.2, 0.25) is 0 Å². The minimum atomic E-state index is 0.703. The van der Waals surface area contributed by atoms with Crippen molar-refractivity contribution < 1.29 is 0 Å². The molecule has 142 valence electrons. The number of benzene rings is 2. The van der Waals surface area contributed by atoms with Crippen LogP contribution < -0.4 is 4.90 Å². The third-order valence-electron chi connectivity index (χ3n) is 5.04. The maximum atomic E-state index is 4.63. The highest BCUT2D eigenvalue weighted by Gasteiger charge is 2.17. The van der Waals surface area contributed by atoms with Crippen LogP contribution in [0, 0.1) is 6.92 Å². The molecule has 0 bridgehead atoms. The predicted molar refractivity (Wildman–Crippen MR) is 125 cm³/mol. The second-order valence-electron chi connectivity index (χ2n) is 7.10. The number of allylic oxidation sites excluding steroid dienone is 3. The van der Waals surface area contributed by atoms with Crippen LogP contribution >= 0.6 is 12.6 Å². The lowest BCUT2D eigenvalue weighted by Crippen LogP contribution is -2.18. The van der Waals surface area contributed by atoms with E-state index < -0.39 is 0 Å². The first-order valence-corrected chi connectivity index (χ1v) is 9.93. The average molecular weight is 378 g/mol. The Morgan fingerprint density at radius 1 is 1.11 bits per heavy atom. The molecule has 0 aliphatic rings. The van der Waals surface area contributed by atoms with Gasteiger partial charge in [-0.25, -0.2) is 0 Å². The molecular formula is C25H31NS. The van der Waals surface area contributed by atoms with Crippen molar-refractivity contribution in [1.29, 1.82) is 0 Å². The van der Waals surface area contributed by atoms with Crippen LogP contribution in [0.4, 0.5) is 5.69 Å². The second kappa shape index (κ2) is 9.14. The standard InChI is InChI=1S/C25H31NS/c1-8-21-11-10-12-22(15-21)25(9-2)26(20(7)27)23-14-13-18(5)24(16-23)19(6)17(3)4/h9-16,27H,7-8H2,1-6H3/b25-9-. The number of nitrogens with zero attached hydrogens (tertiary/aromatic N) is 1. The zero-order chi connectivity index (χ0) is 20.1. The van der Waals surface area contributed by atoms with Gasteiger partial charge < -0.3 is 4.90 Å². The third-order valence-corrected chi connectivity index (χ3v) is 5.24. The van der Waals surface area contributed by atoms with Crippen LogP contribution in [0.15, 0.2) is 65.7 Å². The number of hydrogen-bond acceptors (Lipinski definition) is 2. The molecule has 0 amide bonds. The van der Waals surface area contributed by atoms with Crippen LogP contribution in [-0.2, 0) is 6.42 Å². The van der Waals surface area contributed by atoms with Crippen molar-refractivity contribution in [2.24, 2.45) is 0 Å². The van der Waals surface area contributed by atoms with Gasteiger partial charge in [-0.15, -0.1) is 12.6 Å². The Labute approximate surface area is 170 Å². The molecule has 2 aromatic rings. The predicted octanol–water partition coefficient (Wildman–Crippen LogP) is 7.64. The number of aryl methyl sites for hydroxylation is 2. The second-order valence-corrected chi connectivity index (χ2v) is 7.62. The van der Waals surface area contributed by atoms with Crippen molar-refractivity contribution in [2.45, 2.75) is 48.0 Å². The third kappa shape index (κ3) is 4.75. The number of anilines is 1. The fourth-order valence-corrected chi connectivity index (χ4v) is 3.45. The average Bonchev–Trinajstić information content (AvgIpc) is 2.65. The van der Waals surface area contributed by atoms with Gasteiger partial charge in [0.1, 0.15) is 0 Å². The molecule has 0 unspecified atom stereocenters. The zero-order valence-corrected chi connectivity index (χ0v) is 18.3. The van der Waals surface area contributed by atoms with Gasteiger partial charge >= 0.3 is 0 Å². The summed E-state index contributed by atoms with van der Waals surface area (Å²) in [6.45, 7) is 17.0. The summed E-state index contributed by atoms with van der Waals surface area (Å²) in [5.41, 5.74) is 9.85. The fourth-order valence-electron chi connectivity index (χ4n) is 3.23. The van der Waals surface area contributed by atoms with E-state index in [0.29, 0.717) is 5.03 Å². The molecule has 0 aliphatic heterocycles. The van der Waals surface area contributed by atoms with Gasteiger partial charge in [-0.05, 0) is 87.1 Å². The molecule has 2 heteroatoms. The lowest BCUT2D eigenvalue weighted by molar-refractivity contribution is 1.13. The van der Waals surface area contributed by atoms with Crippen molar-refractivity contribution in [2.75, 3.05) is 4.90 Å². The van der Waals surface area contributed by atoms with Crippen molar-refractivity contribution >= 4 is 29.6 Å². The lowest BCUT2D eigenvalue weighted by Gasteiger charge is -2.28. The van der Waals surface area contributed by atoms with Gasteiger partial charge in [0.2, 0.25) is 0 Å². The van der Waals surface area contributed by atoms with E-state index in [2.05, 4.69) is 114 Å². The molecule has 0 radical (unpaired) electrons. The van der Waals surface area contributed by atoms with Gasteiger partial charge in [0.25, 0.3) is 0 Å². The minimum Gasteiger partial charge on any atom is -0.305 e.